The highest BCUT2D eigenvalue weighted by Crippen LogP contribution is 2.26. The molecule has 0 bridgehead atoms. The number of nitrogens with zero attached hydrogens (tertiary/aromatic N) is 2. The van der Waals surface area contributed by atoms with Crippen molar-refractivity contribution >= 4 is 40.0 Å². The van der Waals surface area contributed by atoms with Crippen LogP contribution in [0, 0.1) is 5.82 Å². The van der Waals surface area contributed by atoms with Crippen LogP contribution in [0.5, 0.6) is 0 Å². The molecule has 1 aromatic heterocycles. The third-order valence-corrected chi connectivity index (χ3v) is 4.97. The van der Waals surface area contributed by atoms with Crippen LogP contribution in [0.15, 0.2) is 33.5 Å². The van der Waals surface area contributed by atoms with Gasteiger partial charge in [0.05, 0.1) is 0 Å². The molecule has 0 aliphatic carbocycles. The van der Waals surface area contributed by atoms with E-state index in [0.717, 1.165) is 20.7 Å². The minimum Gasteiger partial charge on any atom is -0.374 e. The lowest BCUT2D eigenvalue weighted by atomic mass is 10.4. The molecule has 1 aromatic carbocycles. The maximum atomic E-state index is 12.7. The first kappa shape index (κ1) is 12.7. The molecule has 0 saturated heterocycles. The molecular formula is C10H10FN3S3. The molecule has 0 aliphatic rings. The topological polar surface area (TPSA) is 51.8 Å². The maximum Gasteiger partial charge on any atom is 0.203 e. The number of nitrogen functional groups attached to an aromatic ring is 1. The van der Waals surface area contributed by atoms with Crippen molar-refractivity contribution in [3.8, 4) is 0 Å². The molecule has 0 spiro atoms. The van der Waals surface area contributed by atoms with Gasteiger partial charge in [-0.1, -0.05) is 23.1 Å². The van der Waals surface area contributed by atoms with E-state index in [0.29, 0.717) is 5.13 Å². The van der Waals surface area contributed by atoms with Crippen molar-refractivity contribution in [2.45, 2.75) is 9.24 Å². The van der Waals surface area contributed by atoms with Gasteiger partial charge in [0.2, 0.25) is 5.13 Å². The molecule has 0 unspecified atom stereocenters. The predicted molar refractivity (Wildman–Crippen MR) is 72.2 cm³/mol. The highest BCUT2D eigenvalue weighted by molar-refractivity contribution is 8.03. The first-order chi connectivity index (χ1) is 8.24. The molecule has 7 heteroatoms. The van der Waals surface area contributed by atoms with E-state index in [2.05, 4.69) is 10.2 Å². The molecule has 17 heavy (non-hydrogen) atoms. The van der Waals surface area contributed by atoms with E-state index in [1.807, 2.05) is 0 Å². The Balaban J connectivity index is 1.71. The fraction of sp³-hybridized carbons (Fsp3) is 0.200. The summed E-state index contributed by atoms with van der Waals surface area (Å²) in [6, 6.07) is 6.52. The van der Waals surface area contributed by atoms with Crippen LogP contribution >= 0.6 is 34.9 Å². The van der Waals surface area contributed by atoms with E-state index < -0.39 is 0 Å². The van der Waals surface area contributed by atoms with Gasteiger partial charge in [-0.3, -0.25) is 0 Å². The normalized spacial score (nSPS) is 10.6. The summed E-state index contributed by atoms with van der Waals surface area (Å²) in [4.78, 5) is 1.07. The Morgan fingerprint density at radius 2 is 1.82 bits per heavy atom. The minimum absolute atomic E-state index is 0.201. The standard InChI is InChI=1S/C10H10FN3S3/c11-7-1-3-8(4-2-7)15-5-6-16-10-14-13-9(12)17-10/h1-4H,5-6H2,(H2,12,13). The summed E-state index contributed by atoms with van der Waals surface area (Å²) in [6.07, 6.45) is 0. The van der Waals surface area contributed by atoms with Gasteiger partial charge in [-0.25, -0.2) is 4.39 Å². The summed E-state index contributed by atoms with van der Waals surface area (Å²) in [5.74, 6) is 1.67. The maximum absolute atomic E-state index is 12.7. The van der Waals surface area contributed by atoms with Gasteiger partial charge in [-0.2, -0.15) is 0 Å². The molecule has 2 rings (SSSR count). The minimum atomic E-state index is -0.201. The zero-order chi connectivity index (χ0) is 12.1. The fourth-order valence-electron chi connectivity index (χ4n) is 1.10. The van der Waals surface area contributed by atoms with Crippen LogP contribution in [0.3, 0.4) is 0 Å². The molecule has 1 heterocycles. The summed E-state index contributed by atoms with van der Waals surface area (Å²) in [5.41, 5.74) is 5.48. The van der Waals surface area contributed by atoms with E-state index in [4.69, 9.17) is 5.73 Å². The second-order valence-electron chi connectivity index (χ2n) is 3.06. The van der Waals surface area contributed by atoms with Gasteiger partial charge in [0.25, 0.3) is 0 Å². The average molecular weight is 287 g/mol. The molecule has 0 aliphatic heterocycles. The Hall–Kier alpha value is -0.790. The van der Waals surface area contributed by atoms with Crippen molar-refractivity contribution in [2.75, 3.05) is 17.2 Å². The van der Waals surface area contributed by atoms with Gasteiger partial charge in [0, 0.05) is 16.4 Å². The third kappa shape index (κ3) is 4.18. The van der Waals surface area contributed by atoms with Gasteiger partial charge in [0.1, 0.15) is 5.82 Å². The second kappa shape index (κ2) is 6.23. The molecule has 0 atom stereocenters. The number of thioether (sulfide) groups is 2. The van der Waals surface area contributed by atoms with Crippen LogP contribution in [-0.2, 0) is 0 Å². The van der Waals surface area contributed by atoms with Crippen molar-refractivity contribution in [1.82, 2.24) is 10.2 Å². The Labute approximate surface area is 111 Å². The number of nitrogens with two attached hydrogens (primary N) is 1. The van der Waals surface area contributed by atoms with E-state index >= 15 is 0 Å². The summed E-state index contributed by atoms with van der Waals surface area (Å²) in [7, 11) is 0. The second-order valence-corrected chi connectivity index (χ2v) is 6.58. The van der Waals surface area contributed by atoms with Gasteiger partial charge < -0.3 is 5.73 Å². The van der Waals surface area contributed by atoms with Gasteiger partial charge >= 0.3 is 0 Å². The van der Waals surface area contributed by atoms with Gasteiger partial charge in [0.15, 0.2) is 4.34 Å². The number of hydrogen-bond donors (Lipinski definition) is 1. The summed E-state index contributed by atoms with van der Waals surface area (Å²) in [5, 5.41) is 8.16. The van der Waals surface area contributed by atoms with Crippen LogP contribution in [0.2, 0.25) is 0 Å². The van der Waals surface area contributed by atoms with Crippen LogP contribution < -0.4 is 5.73 Å². The van der Waals surface area contributed by atoms with Crippen molar-refractivity contribution in [1.29, 1.82) is 0 Å². The number of benzene rings is 1. The number of rotatable bonds is 5. The molecule has 0 amide bonds. The average Bonchev–Trinajstić information content (AvgIpc) is 2.73. The molecule has 0 fully saturated rings. The Kier molecular flexibility index (Phi) is 4.64. The van der Waals surface area contributed by atoms with E-state index in [9.17, 15) is 4.39 Å². The largest absolute Gasteiger partial charge is 0.374 e. The first-order valence-corrected chi connectivity index (χ1v) is 7.63. The van der Waals surface area contributed by atoms with Crippen LogP contribution in [-0.4, -0.2) is 21.7 Å². The monoisotopic (exact) mass is 287 g/mol. The molecule has 2 aromatic rings. The van der Waals surface area contributed by atoms with Crippen molar-refractivity contribution in [3.05, 3.63) is 30.1 Å². The van der Waals surface area contributed by atoms with Crippen molar-refractivity contribution < 1.29 is 4.39 Å². The molecule has 3 nitrogen and oxygen atoms in total. The molecule has 0 radical (unpaired) electrons. The van der Waals surface area contributed by atoms with Crippen LogP contribution in [0.4, 0.5) is 9.52 Å². The van der Waals surface area contributed by atoms with Crippen LogP contribution in [0.1, 0.15) is 0 Å². The number of halogens is 1. The van der Waals surface area contributed by atoms with Gasteiger partial charge in [-0.15, -0.1) is 22.0 Å². The third-order valence-electron chi connectivity index (χ3n) is 1.81. The predicted octanol–water partition coefficient (Wildman–Crippen LogP) is 3.14. The SMILES string of the molecule is Nc1nnc(SCCSc2ccc(F)cc2)s1. The quantitative estimate of drug-likeness (QED) is 0.676. The lowest BCUT2D eigenvalue weighted by Gasteiger charge is -1.99. The lowest BCUT2D eigenvalue weighted by molar-refractivity contribution is 0.626. The van der Waals surface area contributed by atoms with E-state index in [-0.39, 0.29) is 5.82 Å². The Bertz CT molecular complexity index is 472. The molecule has 0 saturated carbocycles. The van der Waals surface area contributed by atoms with E-state index in [1.54, 1.807) is 35.7 Å². The molecule has 90 valence electrons. The van der Waals surface area contributed by atoms with Gasteiger partial charge in [-0.05, 0) is 24.3 Å². The smallest absolute Gasteiger partial charge is 0.203 e. The van der Waals surface area contributed by atoms with Crippen LogP contribution in [0.25, 0.3) is 0 Å². The fourth-order valence-corrected chi connectivity index (χ4v) is 3.69. The highest BCUT2D eigenvalue weighted by atomic mass is 32.2. The van der Waals surface area contributed by atoms with Crippen molar-refractivity contribution in [3.63, 3.8) is 0 Å². The summed E-state index contributed by atoms with van der Waals surface area (Å²) >= 11 is 4.72. The van der Waals surface area contributed by atoms with E-state index in [1.165, 1.54) is 23.5 Å². The zero-order valence-electron chi connectivity index (χ0n) is 8.80. The Morgan fingerprint density at radius 1 is 1.12 bits per heavy atom. The number of hydrogen-bond acceptors (Lipinski definition) is 6. The molecule has 2 N–H and O–H groups in total. The van der Waals surface area contributed by atoms with Crippen molar-refractivity contribution in [2.24, 2.45) is 0 Å². The highest BCUT2D eigenvalue weighted by Gasteiger charge is 2.01. The number of aromatic nitrogens is 2. The summed E-state index contributed by atoms with van der Waals surface area (Å²) < 4.78 is 13.6. The Morgan fingerprint density at radius 3 is 2.47 bits per heavy atom. The first-order valence-electron chi connectivity index (χ1n) is 4.84. The zero-order valence-corrected chi connectivity index (χ0v) is 11.2. The number of anilines is 1. The molecular weight excluding hydrogens is 277 g/mol. The lowest BCUT2D eigenvalue weighted by Crippen LogP contribution is -1.84. The summed E-state index contributed by atoms with van der Waals surface area (Å²) in [6.45, 7) is 0.